The zero-order valence-electron chi connectivity index (χ0n) is 18.3. The number of benzene rings is 2. The fourth-order valence-corrected chi connectivity index (χ4v) is 4.00. The first-order chi connectivity index (χ1) is 15.5. The number of aromatic amines is 1. The Hall–Kier alpha value is -3.72. The molecule has 0 radical (unpaired) electrons. The summed E-state index contributed by atoms with van der Waals surface area (Å²) >= 11 is 0. The Kier molecular flexibility index (Phi) is 5.91. The molecule has 0 bridgehead atoms. The van der Waals surface area contributed by atoms with Crippen LogP contribution in [0, 0.1) is 0 Å². The molecule has 1 aliphatic rings. The highest BCUT2D eigenvalue weighted by Crippen LogP contribution is 2.47. The zero-order chi connectivity index (χ0) is 22.8. The molecule has 32 heavy (non-hydrogen) atoms. The van der Waals surface area contributed by atoms with Crippen molar-refractivity contribution >= 4 is 5.91 Å². The van der Waals surface area contributed by atoms with Crippen LogP contribution in [0.25, 0.3) is 11.3 Å². The SMILES string of the molecule is COCCN1C(=O)c2[nH]nc(-c3ccc(OC)cc3)c2C1c1cc(OC)c(O)c(OC)c1. The highest BCUT2D eigenvalue weighted by atomic mass is 16.5. The summed E-state index contributed by atoms with van der Waals surface area (Å²) in [6.07, 6.45) is 0. The van der Waals surface area contributed by atoms with E-state index in [9.17, 15) is 9.90 Å². The highest BCUT2D eigenvalue weighted by molar-refractivity contribution is 6.00. The second-order valence-electron chi connectivity index (χ2n) is 7.26. The van der Waals surface area contributed by atoms with Gasteiger partial charge in [0.05, 0.1) is 39.7 Å². The van der Waals surface area contributed by atoms with Crippen molar-refractivity contribution < 1.29 is 28.8 Å². The molecule has 2 heterocycles. The summed E-state index contributed by atoms with van der Waals surface area (Å²) < 4.78 is 21.2. The van der Waals surface area contributed by atoms with E-state index in [0.29, 0.717) is 24.5 Å². The first-order valence-electron chi connectivity index (χ1n) is 10.0. The number of hydrogen-bond acceptors (Lipinski definition) is 7. The Labute approximate surface area is 185 Å². The van der Waals surface area contributed by atoms with E-state index >= 15 is 0 Å². The first-order valence-corrected chi connectivity index (χ1v) is 10.0. The lowest BCUT2D eigenvalue weighted by atomic mass is 9.95. The molecule has 1 aliphatic heterocycles. The number of aromatic hydroxyl groups is 1. The van der Waals surface area contributed by atoms with Crippen LogP contribution >= 0.6 is 0 Å². The molecule has 1 atom stereocenters. The average molecular weight is 439 g/mol. The number of nitrogens with zero attached hydrogens (tertiary/aromatic N) is 2. The summed E-state index contributed by atoms with van der Waals surface area (Å²) in [7, 11) is 6.13. The van der Waals surface area contributed by atoms with Crippen LogP contribution in [0.1, 0.15) is 27.7 Å². The van der Waals surface area contributed by atoms with E-state index in [-0.39, 0.29) is 23.2 Å². The fourth-order valence-electron chi connectivity index (χ4n) is 4.00. The summed E-state index contributed by atoms with van der Waals surface area (Å²) in [5.41, 5.74) is 3.38. The van der Waals surface area contributed by atoms with Crippen LogP contribution in [0.3, 0.4) is 0 Å². The Balaban J connectivity index is 1.89. The molecule has 168 valence electrons. The molecule has 1 unspecified atom stereocenters. The maximum Gasteiger partial charge on any atom is 0.273 e. The monoisotopic (exact) mass is 439 g/mol. The zero-order valence-corrected chi connectivity index (χ0v) is 18.3. The number of phenols is 1. The van der Waals surface area contributed by atoms with Crippen molar-refractivity contribution in [3.63, 3.8) is 0 Å². The first kappa shape index (κ1) is 21.5. The van der Waals surface area contributed by atoms with E-state index in [2.05, 4.69) is 10.2 Å². The van der Waals surface area contributed by atoms with E-state index in [1.807, 2.05) is 24.3 Å². The molecule has 3 aromatic rings. The third kappa shape index (κ3) is 3.50. The molecule has 1 aromatic heterocycles. The number of phenolic OH excluding ortho intramolecular Hbond substituents is 1. The molecule has 0 spiro atoms. The van der Waals surface area contributed by atoms with E-state index in [0.717, 1.165) is 22.4 Å². The second-order valence-corrected chi connectivity index (χ2v) is 7.26. The lowest BCUT2D eigenvalue weighted by Gasteiger charge is -2.27. The Morgan fingerprint density at radius 1 is 1.03 bits per heavy atom. The van der Waals surface area contributed by atoms with Gasteiger partial charge < -0.3 is 29.0 Å². The number of H-pyrrole nitrogens is 1. The molecule has 0 aliphatic carbocycles. The van der Waals surface area contributed by atoms with Crippen LogP contribution in [-0.4, -0.2) is 67.7 Å². The average Bonchev–Trinajstić information content (AvgIpc) is 3.37. The van der Waals surface area contributed by atoms with Gasteiger partial charge >= 0.3 is 0 Å². The van der Waals surface area contributed by atoms with Gasteiger partial charge in [-0.15, -0.1) is 0 Å². The van der Waals surface area contributed by atoms with Crippen molar-refractivity contribution in [1.29, 1.82) is 0 Å². The quantitative estimate of drug-likeness (QED) is 0.556. The van der Waals surface area contributed by atoms with Crippen LogP contribution in [0.4, 0.5) is 0 Å². The van der Waals surface area contributed by atoms with Crippen LogP contribution in [0.2, 0.25) is 0 Å². The van der Waals surface area contributed by atoms with E-state index in [1.165, 1.54) is 14.2 Å². The molecule has 4 rings (SSSR count). The van der Waals surface area contributed by atoms with Crippen molar-refractivity contribution in [2.75, 3.05) is 41.6 Å². The normalized spacial score (nSPS) is 15.1. The largest absolute Gasteiger partial charge is 0.502 e. The smallest absolute Gasteiger partial charge is 0.273 e. The molecule has 9 heteroatoms. The van der Waals surface area contributed by atoms with Crippen molar-refractivity contribution in [2.45, 2.75) is 6.04 Å². The van der Waals surface area contributed by atoms with Gasteiger partial charge in [0.15, 0.2) is 11.5 Å². The van der Waals surface area contributed by atoms with Crippen LogP contribution < -0.4 is 14.2 Å². The number of ether oxygens (including phenoxy) is 4. The van der Waals surface area contributed by atoms with E-state index < -0.39 is 6.04 Å². The summed E-state index contributed by atoms with van der Waals surface area (Å²) in [4.78, 5) is 15.0. The topological polar surface area (TPSA) is 106 Å². The maximum atomic E-state index is 13.3. The summed E-state index contributed by atoms with van der Waals surface area (Å²) in [5, 5.41) is 17.7. The van der Waals surface area contributed by atoms with Gasteiger partial charge in [-0.2, -0.15) is 5.10 Å². The minimum Gasteiger partial charge on any atom is -0.502 e. The third-order valence-electron chi connectivity index (χ3n) is 5.58. The number of carbonyl (C=O) groups excluding carboxylic acids is 1. The van der Waals surface area contributed by atoms with Gasteiger partial charge in [0.1, 0.15) is 11.4 Å². The van der Waals surface area contributed by atoms with E-state index in [1.54, 1.807) is 31.3 Å². The van der Waals surface area contributed by atoms with Crippen molar-refractivity contribution in [1.82, 2.24) is 15.1 Å². The molecular formula is C23H25N3O6. The standard InChI is InChI=1S/C23H25N3O6/c1-29-10-9-26-21(14-11-16(31-3)22(27)17(12-14)32-4)18-19(24-25-20(18)23(26)28)13-5-7-15(30-2)8-6-13/h5-8,11-12,21,27H,9-10H2,1-4H3,(H,24,25). The number of hydrogen-bond donors (Lipinski definition) is 2. The van der Waals surface area contributed by atoms with Gasteiger partial charge in [0, 0.05) is 24.8 Å². The fraction of sp³-hybridized carbons (Fsp3) is 0.304. The minimum atomic E-state index is -0.480. The van der Waals surface area contributed by atoms with Gasteiger partial charge in [0.2, 0.25) is 5.75 Å². The number of amides is 1. The summed E-state index contributed by atoms with van der Waals surface area (Å²) in [5.74, 6) is 0.945. The predicted octanol–water partition coefficient (Wildman–Crippen LogP) is 3.00. The predicted molar refractivity (Wildman–Crippen MR) is 117 cm³/mol. The van der Waals surface area contributed by atoms with Crippen LogP contribution in [0.5, 0.6) is 23.0 Å². The third-order valence-corrected chi connectivity index (χ3v) is 5.58. The Morgan fingerprint density at radius 2 is 1.69 bits per heavy atom. The van der Waals surface area contributed by atoms with Crippen LogP contribution in [-0.2, 0) is 4.74 Å². The van der Waals surface area contributed by atoms with Crippen LogP contribution in [0.15, 0.2) is 36.4 Å². The molecule has 0 fully saturated rings. The molecular weight excluding hydrogens is 414 g/mol. The molecule has 9 nitrogen and oxygen atoms in total. The van der Waals surface area contributed by atoms with Crippen molar-refractivity contribution in [2.24, 2.45) is 0 Å². The number of fused-ring (bicyclic) bond motifs is 1. The van der Waals surface area contributed by atoms with Gasteiger partial charge in [-0.1, -0.05) is 0 Å². The Morgan fingerprint density at radius 3 is 2.25 bits per heavy atom. The molecule has 2 N–H and O–H groups in total. The van der Waals surface area contributed by atoms with Crippen molar-refractivity contribution in [3.8, 4) is 34.3 Å². The van der Waals surface area contributed by atoms with Gasteiger partial charge in [-0.3, -0.25) is 9.89 Å². The molecule has 1 amide bonds. The summed E-state index contributed by atoms with van der Waals surface area (Å²) in [6.45, 7) is 0.736. The highest BCUT2D eigenvalue weighted by Gasteiger charge is 2.42. The summed E-state index contributed by atoms with van der Waals surface area (Å²) in [6, 6.07) is 10.4. The van der Waals surface area contributed by atoms with Gasteiger partial charge in [0.25, 0.3) is 5.91 Å². The van der Waals surface area contributed by atoms with E-state index in [4.69, 9.17) is 18.9 Å². The van der Waals surface area contributed by atoms with Gasteiger partial charge in [-0.25, -0.2) is 0 Å². The Bertz CT molecular complexity index is 1100. The molecule has 2 aromatic carbocycles. The molecule has 0 saturated heterocycles. The molecule has 0 saturated carbocycles. The van der Waals surface area contributed by atoms with Crippen molar-refractivity contribution in [3.05, 3.63) is 53.2 Å². The lowest BCUT2D eigenvalue weighted by Crippen LogP contribution is -2.32. The number of aromatic nitrogens is 2. The van der Waals surface area contributed by atoms with Gasteiger partial charge in [-0.05, 0) is 42.0 Å². The lowest BCUT2D eigenvalue weighted by molar-refractivity contribution is 0.0677. The number of rotatable bonds is 8. The number of nitrogens with one attached hydrogen (secondary N) is 1. The minimum absolute atomic E-state index is 0.102. The number of carbonyl (C=O) groups is 1. The maximum absolute atomic E-state index is 13.3. The second kappa shape index (κ2) is 8.80. The number of methoxy groups -OCH3 is 4.